The molecule has 4 rings (SSSR count). The van der Waals surface area contributed by atoms with E-state index in [1.807, 2.05) is 21.9 Å². The highest BCUT2D eigenvalue weighted by molar-refractivity contribution is 6.11. The Kier molecular flexibility index (Phi) is 3.34. The van der Waals surface area contributed by atoms with E-state index in [9.17, 15) is 4.79 Å². The molecule has 1 fully saturated rings. The van der Waals surface area contributed by atoms with Crippen LogP contribution in [0.4, 0.5) is 16.2 Å². The number of hydrogen-bond donors (Lipinski definition) is 0. The summed E-state index contributed by atoms with van der Waals surface area (Å²) in [5.74, 6) is 0. The Morgan fingerprint density at radius 1 is 0.636 bits per heavy atom. The molecule has 0 spiro atoms. The lowest BCUT2D eigenvalue weighted by molar-refractivity contribution is 0.251. The van der Waals surface area contributed by atoms with Gasteiger partial charge in [-0.15, -0.1) is 0 Å². The van der Waals surface area contributed by atoms with Crippen LogP contribution < -0.4 is 9.80 Å². The van der Waals surface area contributed by atoms with E-state index in [0.717, 1.165) is 48.4 Å². The first-order valence-corrected chi connectivity index (χ1v) is 8.14. The van der Waals surface area contributed by atoms with Gasteiger partial charge in [-0.2, -0.15) is 0 Å². The van der Waals surface area contributed by atoms with E-state index in [4.69, 9.17) is 0 Å². The van der Waals surface area contributed by atoms with Crippen molar-refractivity contribution in [2.75, 3.05) is 22.9 Å². The predicted octanol–water partition coefficient (Wildman–Crippen LogP) is 4.67. The average Bonchev–Trinajstić information content (AvgIpc) is 2.61. The fraction of sp³-hybridized carbons (Fsp3) is 0.316. The Morgan fingerprint density at radius 3 is 1.59 bits per heavy atom. The zero-order valence-corrected chi connectivity index (χ0v) is 12.7. The lowest BCUT2D eigenvalue weighted by Gasteiger charge is -2.28. The highest BCUT2D eigenvalue weighted by Crippen LogP contribution is 2.41. The molecule has 22 heavy (non-hydrogen) atoms. The van der Waals surface area contributed by atoms with Crippen LogP contribution in [0.15, 0.2) is 48.5 Å². The van der Waals surface area contributed by atoms with Gasteiger partial charge in [-0.25, -0.2) is 4.79 Å². The SMILES string of the molecule is O=C1N2CCCCCCN1c1ccccc1-c1ccccc12. The lowest BCUT2D eigenvalue weighted by atomic mass is 10.0. The number of urea groups is 1. The number of para-hydroxylation sites is 2. The summed E-state index contributed by atoms with van der Waals surface area (Å²) in [6, 6.07) is 16.7. The van der Waals surface area contributed by atoms with Crippen molar-refractivity contribution in [3.63, 3.8) is 0 Å². The van der Waals surface area contributed by atoms with Crippen LogP contribution in [-0.4, -0.2) is 19.1 Å². The van der Waals surface area contributed by atoms with Crippen LogP contribution in [-0.2, 0) is 0 Å². The molecule has 2 aliphatic rings. The molecule has 0 unspecified atom stereocenters. The maximum Gasteiger partial charge on any atom is 0.328 e. The third-order valence-electron chi connectivity index (χ3n) is 4.66. The zero-order valence-electron chi connectivity index (χ0n) is 12.7. The van der Waals surface area contributed by atoms with E-state index in [2.05, 4.69) is 36.4 Å². The topological polar surface area (TPSA) is 23.6 Å². The Balaban J connectivity index is 1.97. The van der Waals surface area contributed by atoms with E-state index < -0.39 is 0 Å². The molecule has 0 atom stereocenters. The van der Waals surface area contributed by atoms with E-state index in [1.54, 1.807) is 0 Å². The van der Waals surface area contributed by atoms with Gasteiger partial charge in [0.25, 0.3) is 0 Å². The van der Waals surface area contributed by atoms with Gasteiger partial charge in [-0.05, 0) is 25.0 Å². The molecule has 2 heterocycles. The van der Waals surface area contributed by atoms with Gasteiger partial charge in [0.2, 0.25) is 0 Å². The highest BCUT2D eigenvalue weighted by atomic mass is 16.2. The van der Waals surface area contributed by atoms with Crippen LogP contribution in [0.3, 0.4) is 0 Å². The van der Waals surface area contributed by atoms with Gasteiger partial charge in [0, 0.05) is 24.2 Å². The molecule has 0 saturated carbocycles. The smallest absolute Gasteiger partial charge is 0.293 e. The summed E-state index contributed by atoms with van der Waals surface area (Å²) in [5.41, 5.74) is 4.41. The normalized spacial score (nSPS) is 17.7. The van der Waals surface area contributed by atoms with Crippen LogP contribution in [0, 0.1) is 0 Å². The Bertz CT molecular complexity index is 651. The van der Waals surface area contributed by atoms with Crippen LogP contribution in [0.2, 0.25) is 0 Å². The molecule has 0 aromatic heterocycles. The van der Waals surface area contributed by atoms with Crippen molar-refractivity contribution in [1.82, 2.24) is 0 Å². The van der Waals surface area contributed by atoms with Gasteiger partial charge in [0.1, 0.15) is 0 Å². The van der Waals surface area contributed by atoms with E-state index >= 15 is 0 Å². The molecule has 0 N–H and O–H groups in total. The average molecular weight is 292 g/mol. The monoisotopic (exact) mass is 292 g/mol. The molecule has 0 aliphatic carbocycles. The Labute approximate surface area is 131 Å². The van der Waals surface area contributed by atoms with E-state index in [1.165, 1.54) is 12.8 Å². The molecule has 2 aromatic carbocycles. The first kappa shape index (κ1) is 13.4. The van der Waals surface area contributed by atoms with Crippen LogP contribution in [0.1, 0.15) is 25.7 Å². The molecular weight excluding hydrogens is 272 g/mol. The first-order chi connectivity index (χ1) is 10.9. The standard InChI is InChI=1S/C19H20N2O/c22-19-20-13-7-1-2-8-14-21(19)18-12-6-4-10-16(18)15-9-3-5-11-17(15)20/h3-6,9-12H,1-2,7-8,13-14H2. The minimum absolute atomic E-state index is 0.124. The minimum Gasteiger partial charge on any atom is -0.293 e. The molecule has 2 aliphatic heterocycles. The number of benzene rings is 2. The van der Waals surface area contributed by atoms with Crippen molar-refractivity contribution in [3.8, 4) is 11.1 Å². The van der Waals surface area contributed by atoms with Crippen molar-refractivity contribution < 1.29 is 4.79 Å². The summed E-state index contributed by atoms with van der Waals surface area (Å²) < 4.78 is 0. The van der Waals surface area contributed by atoms with Crippen molar-refractivity contribution in [2.24, 2.45) is 0 Å². The third kappa shape index (κ3) is 2.08. The van der Waals surface area contributed by atoms with Crippen LogP contribution in [0.5, 0.6) is 0 Å². The maximum atomic E-state index is 13.1. The summed E-state index contributed by atoms with van der Waals surface area (Å²) >= 11 is 0. The second-order valence-corrected chi connectivity index (χ2v) is 6.03. The minimum atomic E-state index is 0.124. The molecule has 112 valence electrons. The van der Waals surface area contributed by atoms with Gasteiger partial charge in [0.05, 0.1) is 11.4 Å². The molecule has 0 radical (unpaired) electrons. The summed E-state index contributed by atoms with van der Waals surface area (Å²) in [5, 5.41) is 0. The predicted molar refractivity (Wildman–Crippen MR) is 90.4 cm³/mol. The zero-order chi connectivity index (χ0) is 14.9. The number of nitrogens with zero attached hydrogens (tertiary/aromatic N) is 2. The summed E-state index contributed by atoms with van der Waals surface area (Å²) in [6.07, 6.45) is 4.54. The molecule has 3 nitrogen and oxygen atoms in total. The number of carbonyl (C=O) groups is 1. The third-order valence-corrected chi connectivity index (χ3v) is 4.66. The quantitative estimate of drug-likeness (QED) is 0.692. The fourth-order valence-corrected chi connectivity index (χ4v) is 3.55. The summed E-state index contributed by atoms with van der Waals surface area (Å²) in [4.78, 5) is 17.1. The van der Waals surface area contributed by atoms with E-state index in [-0.39, 0.29) is 6.03 Å². The van der Waals surface area contributed by atoms with Crippen molar-refractivity contribution in [2.45, 2.75) is 25.7 Å². The molecule has 2 aromatic rings. The molecular formula is C19H20N2O. The summed E-state index contributed by atoms with van der Waals surface area (Å²) in [7, 11) is 0. The van der Waals surface area contributed by atoms with Crippen LogP contribution >= 0.6 is 0 Å². The van der Waals surface area contributed by atoms with Crippen molar-refractivity contribution in [1.29, 1.82) is 0 Å². The number of hydrogen-bond acceptors (Lipinski definition) is 1. The van der Waals surface area contributed by atoms with Crippen molar-refractivity contribution >= 4 is 17.4 Å². The van der Waals surface area contributed by atoms with Crippen LogP contribution in [0.25, 0.3) is 11.1 Å². The van der Waals surface area contributed by atoms with Gasteiger partial charge < -0.3 is 0 Å². The number of rotatable bonds is 0. The summed E-state index contributed by atoms with van der Waals surface area (Å²) in [6.45, 7) is 1.61. The second-order valence-electron chi connectivity index (χ2n) is 6.03. The maximum absolute atomic E-state index is 13.1. The van der Waals surface area contributed by atoms with Crippen molar-refractivity contribution in [3.05, 3.63) is 48.5 Å². The van der Waals surface area contributed by atoms with Gasteiger partial charge in [0.15, 0.2) is 0 Å². The van der Waals surface area contributed by atoms with E-state index in [0.29, 0.717) is 0 Å². The largest absolute Gasteiger partial charge is 0.328 e. The lowest BCUT2D eigenvalue weighted by Crippen LogP contribution is -2.43. The van der Waals surface area contributed by atoms with Gasteiger partial charge >= 0.3 is 6.03 Å². The second kappa shape index (κ2) is 5.48. The van der Waals surface area contributed by atoms with Gasteiger partial charge in [-0.1, -0.05) is 49.2 Å². The molecule has 3 heteroatoms. The van der Waals surface area contributed by atoms with Gasteiger partial charge in [-0.3, -0.25) is 9.80 Å². The number of amides is 2. The molecule has 2 bridgehead atoms. The number of anilines is 2. The highest BCUT2D eigenvalue weighted by Gasteiger charge is 2.31. The Hall–Kier alpha value is -2.29. The first-order valence-electron chi connectivity index (χ1n) is 8.14. The molecule has 2 amide bonds. The number of fused-ring (bicyclic) bond motifs is 7. The Morgan fingerprint density at radius 2 is 1.09 bits per heavy atom. The fourth-order valence-electron chi connectivity index (χ4n) is 3.55. The molecule has 1 saturated heterocycles. The number of carbonyl (C=O) groups excluding carboxylic acids is 1.